The molecule has 0 heterocycles. The Hall–Kier alpha value is 0.0400. The molecule has 1 unspecified atom stereocenters. The van der Waals surface area contributed by atoms with Crippen LogP contribution in [-0.4, -0.2) is 19.3 Å². The van der Waals surface area contributed by atoms with Crippen LogP contribution in [0.15, 0.2) is 0 Å². The van der Waals surface area contributed by atoms with Crippen molar-refractivity contribution in [2.24, 2.45) is 0 Å². The van der Waals surface area contributed by atoms with E-state index in [0.717, 1.165) is 0 Å². The highest BCUT2D eigenvalue weighted by Gasteiger charge is 2.28. The molecule has 0 fully saturated rings. The van der Waals surface area contributed by atoms with E-state index in [2.05, 4.69) is 5.32 Å². The van der Waals surface area contributed by atoms with Crippen LogP contribution in [-0.2, 0) is 0 Å². The van der Waals surface area contributed by atoms with Gasteiger partial charge in [-0.25, -0.2) is 0 Å². The van der Waals surface area contributed by atoms with Gasteiger partial charge in [0, 0.05) is 6.04 Å². The van der Waals surface area contributed by atoms with Gasteiger partial charge in [-0.2, -0.15) is 13.2 Å². The molecule has 0 aliphatic heterocycles. The summed E-state index contributed by atoms with van der Waals surface area (Å²) in [4.78, 5) is 0. The zero-order valence-corrected chi connectivity index (χ0v) is 6.64. The van der Waals surface area contributed by atoms with Crippen LogP contribution in [0, 0.1) is 0 Å². The van der Waals surface area contributed by atoms with Gasteiger partial charge < -0.3 is 5.32 Å². The fourth-order valence-electron chi connectivity index (χ4n) is 0.449. The van der Waals surface area contributed by atoms with Crippen molar-refractivity contribution >= 4 is 12.4 Å². The minimum Gasteiger partial charge on any atom is -0.317 e. The Balaban J connectivity index is 0. The van der Waals surface area contributed by atoms with Crippen molar-refractivity contribution in [1.82, 2.24) is 5.32 Å². The summed E-state index contributed by atoms with van der Waals surface area (Å²) in [6.07, 6.45) is -4.80. The third kappa shape index (κ3) is 8.04. The summed E-state index contributed by atoms with van der Waals surface area (Å²) in [5.74, 6) is 0. The van der Waals surface area contributed by atoms with E-state index in [0.29, 0.717) is 0 Å². The number of nitrogens with one attached hydrogen (secondary N) is 1. The van der Waals surface area contributed by atoms with Gasteiger partial charge in [-0.15, -0.1) is 12.4 Å². The Morgan fingerprint density at radius 3 is 1.90 bits per heavy atom. The molecular formula is C5H11ClF3N. The van der Waals surface area contributed by atoms with Crippen LogP contribution in [0.25, 0.3) is 0 Å². The lowest BCUT2D eigenvalue weighted by Crippen LogP contribution is -2.27. The molecule has 0 aliphatic rings. The summed E-state index contributed by atoms with van der Waals surface area (Å²) in [5, 5.41) is 2.50. The molecule has 0 spiro atoms. The lowest BCUT2D eigenvalue weighted by atomic mass is 10.2. The van der Waals surface area contributed by atoms with Crippen LogP contribution in [0.4, 0.5) is 13.2 Å². The molecular weight excluding hydrogens is 167 g/mol. The largest absolute Gasteiger partial charge is 0.390 e. The lowest BCUT2D eigenvalue weighted by molar-refractivity contribution is -0.138. The topological polar surface area (TPSA) is 12.0 Å². The van der Waals surface area contributed by atoms with Gasteiger partial charge in [0.15, 0.2) is 0 Å². The molecule has 1 N–H and O–H groups in total. The number of hydrogen-bond acceptors (Lipinski definition) is 1. The van der Waals surface area contributed by atoms with E-state index in [4.69, 9.17) is 0 Å². The zero-order chi connectivity index (χ0) is 7.49. The molecule has 0 bridgehead atoms. The fourth-order valence-corrected chi connectivity index (χ4v) is 0.449. The number of alkyl halides is 3. The first-order valence-corrected chi connectivity index (χ1v) is 2.69. The van der Waals surface area contributed by atoms with Gasteiger partial charge in [-0.1, -0.05) is 0 Å². The van der Waals surface area contributed by atoms with Gasteiger partial charge >= 0.3 is 6.18 Å². The third-order valence-corrected chi connectivity index (χ3v) is 1.03. The Bertz CT molecular complexity index is 83.5. The van der Waals surface area contributed by atoms with Crippen LogP contribution in [0.1, 0.15) is 13.3 Å². The summed E-state index contributed by atoms with van der Waals surface area (Å²) in [6.45, 7) is 1.49. The van der Waals surface area contributed by atoms with Crippen molar-refractivity contribution in [2.45, 2.75) is 25.6 Å². The molecule has 0 rings (SSSR count). The van der Waals surface area contributed by atoms with E-state index >= 15 is 0 Å². The molecule has 0 aromatic carbocycles. The maximum absolute atomic E-state index is 11.5. The minimum absolute atomic E-state index is 0. The van der Waals surface area contributed by atoms with Crippen molar-refractivity contribution in [1.29, 1.82) is 0 Å². The van der Waals surface area contributed by atoms with Crippen LogP contribution in [0.2, 0.25) is 0 Å². The molecule has 0 aromatic rings. The molecule has 1 atom stereocenters. The average Bonchev–Trinajstić information content (AvgIpc) is 1.62. The fraction of sp³-hybridized carbons (Fsp3) is 1.00. The smallest absolute Gasteiger partial charge is 0.317 e. The van der Waals surface area contributed by atoms with Crippen molar-refractivity contribution < 1.29 is 13.2 Å². The van der Waals surface area contributed by atoms with E-state index in [-0.39, 0.29) is 12.4 Å². The van der Waals surface area contributed by atoms with E-state index in [1.807, 2.05) is 0 Å². The molecule has 64 valence electrons. The second kappa shape index (κ2) is 4.79. The molecule has 0 amide bonds. The first-order chi connectivity index (χ1) is 3.95. The summed E-state index contributed by atoms with van der Waals surface area (Å²) in [5.41, 5.74) is 0. The molecule has 0 saturated carbocycles. The minimum atomic E-state index is -4.04. The monoisotopic (exact) mass is 177 g/mol. The van der Waals surface area contributed by atoms with Crippen LogP contribution in [0.3, 0.4) is 0 Å². The van der Waals surface area contributed by atoms with Crippen molar-refractivity contribution in [2.75, 3.05) is 7.05 Å². The Morgan fingerprint density at radius 1 is 1.40 bits per heavy atom. The maximum atomic E-state index is 11.5. The first-order valence-electron chi connectivity index (χ1n) is 2.69. The predicted octanol–water partition coefficient (Wildman–Crippen LogP) is 1.97. The number of hydrogen-bond donors (Lipinski definition) is 1. The average molecular weight is 178 g/mol. The van der Waals surface area contributed by atoms with Crippen LogP contribution in [0.5, 0.6) is 0 Å². The molecule has 0 saturated heterocycles. The Labute approximate surface area is 64.4 Å². The quantitative estimate of drug-likeness (QED) is 0.680. The molecule has 0 aliphatic carbocycles. The highest BCUT2D eigenvalue weighted by molar-refractivity contribution is 5.85. The third-order valence-electron chi connectivity index (χ3n) is 1.03. The van der Waals surface area contributed by atoms with E-state index < -0.39 is 18.6 Å². The summed E-state index contributed by atoms with van der Waals surface area (Å²) in [7, 11) is 1.51. The van der Waals surface area contributed by atoms with E-state index in [1.54, 1.807) is 0 Å². The SMILES string of the molecule is CNC(C)CC(F)(F)F.Cl. The van der Waals surface area contributed by atoms with Crippen LogP contribution < -0.4 is 5.32 Å². The van der Waals surface area contributed by atoms with Gasteiger partial charge in [0.05, 0.1) is 6.42 Å². The first kappa shape index (κ1) is 12.7. The molecule has 0 radical (unpaired) electrons. The molecule has 5 heteroatoms. The van der Waals surface area contributed by atoms with E-state index in [1.165, 1.54) is 14.0 Å². The standard InChI is InChI=1S/C5H10F3N.ClH/c1-4(9-2)3-5(6,7)8;/h4,9H,3H2,1-2H3;1H. The predicted molar refractivity (Wildman–Crippen MR) is 36.4 cm³/mol. The Kier molecular flexibility index (Phi) is 6.09. The second-order valence-corrected chi connectivity index (χ2v) is 2.01. The van der Waals surface area contributed by atoms with Gasteiger partial charge in [0.25, 0.3) is 0 Å². The second-order valence-electron chi connectivity index (χ2n) is 2.01. The molecule has 0 aromatic heterocycles. The van der Waals surface area contributed by atoms with Crippen molar-refractivity contribution in [3.8, 4) is 0 Å². The molecule has 10 heavy (non-hydrogen) atoms. The summed E-state index contributed by atoms with van der Waals surface area (Å²) >= 11 is 0. The number of halogens is 4. The number of rotatable bonds is 2. The maximum Gasteiger partial charge on any atom is 0.390 e. The van der Waals surface area contributed by atoms with Gasteiger partial charge in [0.1, 0.15) is 0 Å². The van der Waals surface area contributed by atoms with Crippen molar-refractivity contribution in [3.63, 3.8) is 0 Å². The van der Waals surface area contributed by atoms with Gasteiger partial charge in [-0.3, -0.25) is 0 Å². The van der Waals surface area contributed by atoms with E-state index in [9.17, 15) is 13.2 Å². The van der Waals surface area contributed by atoms with Gasteiger partial charge in [0.2, 0.25) is 0 Å². The normalized spacial score (nSPS) is 14.1. The molecule has 1 nitrogen and oxygen atoms in total. The summed E-state index contributed by atoms with van der Waals surface area (Å²) < 4.78 is 34.4. The Morgan fingerprint density at radius 2 is 1.80 bits per heavy atom. The highest BCUT2D eigenvalue weighted by Crippen LogP contribution is 2.20. The van der Waals surface area contributed by atoms with Gasteiger partial charge in [-0.05, 0) is 14.0 Å². The van der Waals surface area contributed by atoms with Crippen molar-refractivity contribution in [3.05, 3.63) is 0 Å². The van der Waals surface area contributed by atoms with Crippen LogP contribution >= 0.6 is 12.4 Å². The summed E-state index contributed by atoms with van der Waals surface area (Å²) in [6, 6.07) is -0.481. The lowest BCUT2D eigenvalue weighted by Gasteiger charge is -2.11. The zero-order valence-electron chi connectivity index (χ0n) is 5.83. The highest BCUT2D eigenvalue weighted by atomic mass is 35.5.